The van der Waals surface area contributed by atoms with Crippen molar-refractivity contribution in [2.45, 2.75) is 13.1 Å². The fourth-order valence-corrected chi connectivity index (χ4v) is 3.12. The van der Waals surface area contributed by atoms with E-state index in [4.69, 9.17) is 23.7 Å². The second-order valence-electron chi connectivity index (χ2n) is 6.45. The number of benzene rings is 2. The van der Waals surface area contributed by atoms with Crippen molar-refractivity contribution >= 4 is 29.9 Å². The number of guanidine groups is 1. The molecule has 8 nitrogen and oxygen atoms in total. The lowest BCUT2D eigenvalue weighted by atomic mass is 10.1. The van der Waals surface area contributed by atoms with Gasteiger partial charge in [0, 0.05) is 44.4 Å². The number of halogens is 1. The molecule has 0 amide bonds. The topological polar surface area (TPSA) is 73.8 Å². The molecule has 9 heteroatoms. The van der Waals surface area contributed by atoms with E-state index >= 15 is 0 Å². The minimum atomic E-state index is 0. The number of aliphatic imine (C=N–C) groups is 1. The molecule has 0 saturated heterocycles. The maximum Gasteiger partial charge on any atom is 0.193 e. The van der Waals surface area contributed by atoms with Crippen LogP contribution in [0.1, 0.15) is 11.1 Å². The summed E-state index contributed by atoms with van der Waals surface area (Å²) < 4.78 is 27.1. The molecule has 31 heavy (non-hydrogen) atoms. The van der Waals surface area contributed by atoms with Gasteiger partial charge in [-0.15, -0.1) is 24.0 Å². The molecule has 172 valence electrons. The highest BCUT2D eigenvalue weighted by Crippen LogP contribution is 2.34. The summed E-state index contributed by atoms with van der Waals surface area (Å²) in [6, 6.07) is 9.42. The van der Waals surface area contributed by atoms with Crippen LogP contribution in [0, 0.1) is 0 Å². The van der Waals surface area contributed by atoms with Crippen LogP contribution in [0.25, 0.3) is 0 Å². The first kappa shape index (κ1) is 26.5. The molecule has 0 aliphatic carbocycles. The molecule has 0 aliphatic rings. The van der Waals surface area contributed by atoms with E-state index in [2.05, 4.69) is 10.3 Å². The van der Waals surface area contributed by atoms with Gasteiger partial charge in [0.25, 0.3) is 0 Å². The lowest BCUT2D eigenvalue weighted by Gasteiger charge is -2.24. The molecule has 2 rings (SSSR count). The Hall–Kier alpha value is -2.56. The van der Waals surface area contributed by atoms with Crippen LogP contribution < -0.4 is 29.0 Å². The third-order valence-electron chi connectivity index (χ3n) is 4.72. The van der Waals surface area contributed by atoms with Crippen molar-refractivity contribution in [3.8, 4) is 28.7 Å². The third-order valence-corrected chi connectivity index (χ3v) is 4.72. The third kappa shape index (κ3) is 6.71. The number of hydrogen-bond donors (Lipinski definition) is 1. The van der Waals surface area contributed by atoms with E-state index in [1.807, 2.05) is 42.3 Å². The molecule has 0 aliphatic heterocycles. The Morgan fingerprint density at radius 1 is 0.839 bits per heavy atom. The number of methoxy groups -OCH3 is 5. The van der Waals surface area contributed by atoms with Gasteiger partial charge in [0.1, 0.15) is 28.7 Å². The zero-order chi connectivity index (χ0) is 22.1. The van der Waals surface area contributed by atoms with Gasteiger partial charge in [-0.1, -0.05) is 0 Å². The monoisotopic (exact) mass is 545 g/mol. The molecular weight excluding hydrogens is 513 g/mol. The van der Waals surface area contributed by atoms with Crippen LogP contribution in [0.2, 0.25) is 0 Å². The lowest BCUT2D eigenvalue weighted by Crippen LogP contribution is -2.38. The predicted molar refractivity (Wildman–Crippen MR) is 133 cm³/mol. The largest absolute Gasteiger partial charge is 0.497 e. The van der Waals surface area contributed by atoms with Crippen LogP contribution in [-0.4, -0.2) is 60.5 Å². The Bertz CT molecular complexity index is 851. The summed E-state index contributed by atoms with van der Waals surface area (Å²) in [5.74, 6) is 4.24. The molecular formula is C22H32IN3O5. The molecule has 0 aromatic heterocycles. The first-order chi connectivity index (χ1) is 14.5. The first-order valence-corrected chi connectivity index (χ1v) is 9.42. The number of nitrogens with one attached hydrogen (secondary N) is 1. The van der Waals surface area contributed by atoms with Crippen molar-refractivity contribution in [1.82, 2.24) is 10.2 Å². The summed E-state index contributed by atoms with van der Waals surface area (Å²) in [6.45, 7) is 1.07. The smallest absolute Gasteiger partial charge is 0.193 e. The Kier molecular flexibility index (Phi) is 11.1. The summed E-state index contributed by atoms with van der Waals surface area (Å²) in [6.07, 6.45) is 0. The fourth-order valence-electron chi connectivity index (χ4n) is 3.12. The highest BCUT2D eigenvalue weighted by atomic mass is 127. The van der Waals surface area contributed by atoms with Crippen LogP contribution in [0.5, 0.6) is 28.7 Å². The Morgan fingerprint density at radius 3 is 1.87 bits per heavy atom. The van der Waals surface area contributed by atoms with E-state index in [0.717, 1.165) is 22.6 Å². The summed E-state index contributed by atoms with van der Waals surface area (Å²) in [5.41, 5.74) is 1.89. The van der Waals surface area contributed by atoms with Gasteiger partial charge in [-0.3, -0.25) is 4.99 Å². The zero-order valence-electron chi connectivity index (χ0n) is 19.1. The maximum atomic E-state index is 5.52. The van der Waals surface area contributed by atoms with Crippen molar-refractivity contribution in [3.63, 3.8) is 0 Å². The van der Waals surface area contributed by atoms with Crippen molar-refractivity contribution in [2.75, 3.05) is 49.6 Å². The molecule has 0 heterocycles. The van der Waals surface area contributed by atoms with Gasteiger partial charge in [-0.05, 0) is 12.1 Å². The fraction of sp³-hybridized carbons (Fsp3) is 0.409. The lowest BCUT2D eigenvalue weighted by molar-refractivity contribution is 0.367. The number of nitrogens with zero attached hydrogens (tertiary/aromatic N) is 2. The predicted octanol–water partition coefficient (Wildman–Crippen LogP) is 3.56. The van der Waals surface area contributed by atoms with Crippen LogP contribution in [0.15, 0.2) is 35.3 Å². The van der Waals surface area contributed by atoms with E-state index in [9.17, 15) is 0 Å². The standard InChI is InChI=1S/C22H31N3O5.HI/c1-23-22(25(2)14-15-8-9-16(26-3)10-19(15)28-5)24-13-18-20(29-6)11-17(27-4)12-21(18)30-7;/h8-12H,13-14H2,1-7H3,(H,23,24);1H. The Labute approximate surface area is 201 Å². The Balaban J connectivity index is 0.00000480. The maximum absolute atomic E-state index is 5.52. The molecule has 2 aromatic carbocycles. The van der Waals surface area contributed by atoms with Crippen molar-refractivity contribution in [1.29, 1.82) is 0 Å². The van der Waals surface area contributed by atoms with E-state index in [0.29, 0.717) is 36.3 Å². The highest BCUT2D eigenvalue weighted by molar-refractivity contribution is 14.0. The molecule has 0 saturated carbocycles. The Morgan fingerprint density at radius 2 is 1.39 bits per heavy atom. The van der Waals surface area contributed by atoms with Crippen LogP contribution in [-0.2, 0) is 13.1 Å². The highest BCUT2D eigenvalue weighted by Gasteiger charge is 2.16. The molecule has 0 bridgehead atoms. The summed E-state index contributed by atoms with van der Waals surface area (Å²) >= 11 is 0. The zero-order valence-corrected chi connectivity index (χ0v) is 21.5. The van der Waals surface area contributed by atoms with Crippen LogP contribution in [0.3, 0.4) is 0 Å². The number of hydrogen-bond acceptors (Lipinski definition) is 6. The molecule has 0 atom stereocenters. The molecule has 0 spiro atoms. The van der Waals surface area contributed by atoms with E-state index < -0.39 is 0 Å². The minimum Gasteiger partial charge on any atom is -0.497 e. The molecule has 2 aromatic rings. The van der Waals surface area contributed by atoms with Crippen molar-refractivity contribution in [3.05, 3.63) is 41.5 Å². The number of rotatable bonds is 9. The molecule has 1 N–H and O–H groups in total. The van der Waals surface area contributed by atoms with E-state index in [-0.39, 0.29) is 24.0 Å². The average molecular weight is 545 g/mol. The van der Waals surface area contributed by atoms with Gasteiger partial charge < -0.3 is 33.9 Å². The van der Waals surface area contributed by atoms with Gasteiger partial charge in [0.05, 0.1) is 47.7 Å². The molecule has 0 radical (unpaired) electrons. The van der Waals surface area contributed by atoms with Crippen molar-refractivity contribution in [2.24, 2.45) is 4.99 Å². The van der Waals surface area contributed by atoms with Gasteiger partial charge in [-0.25, -0.2) is 0 Å². The van der Waals surface area contributed by atoms with Gasteiger partial charge in [0.2, 0.25) is 0 Å². The number of ether oxygens (including phenoxy) is 5. The van der Waals surface area contributed by atoms with E-state index in [1.54, 1.807) is 42.6 Å². The quantitative estimate of drug-likeness (QED) is 0.294. The first-order valence-electron chi connectivity index (χ1n) is 9.42. The second-order valence-corrected chi connectivity index (χ2v) is 6.45. The van der Waals surface area contributed by atoms with Crippen LogP contribution >= 0.6 is 24.0 Å². The summed E-state index contributed by atoms with van der Waals surface area (Å²) in [4.78, 5) is 6.40. The summed E-state index contributed by atoms with van der Waals surface area (Å²) in [7, 11) is 11.8. The second kappa shape index (κ2) is 13.0. The van der Waals surface area contributed by atoms with Gasteiger partial charge in [0.15, 0.2) is 5.96 Å². The van der Waals surface area contributed by atoms with Crippen LogP contribution in [0.4, 0.5) is 0 Å². The summed E-state index contributed by atoms with van der Waals surface area (Å²) in [5, 5.41) is 3.36. The van der Waals surface area contributed by atoms with Gasteiger partial charge in [-0.2, -0.15) is 0 Å². The molecule has 0 unspecified atom stereocenters. The SMILES string of the molecule is CN=C(NCc1c(OC)cc(OC)cc1OC)N(C)Cc1ccc(OC)cc1OC.I. The van der Waals surface area contributed by atoms with Gasteiger partial charge >= 0.3 is 0 Å². The minimum absolute atomic E-state index is 0. The average Bonchev–Trinajstić information content (AvgIpc) is 2.79. The normalized spacial score (nSPS) is 10.6. The van der Waals surface area contributed by atoms with Crippen molar-refractivity contribution < 1.29 is 23.7 Å². The van der Waals surface area contributed by atoms with E-state index in [1.165, 1.54) is 0 Å². The molecule has 0 fully saturated rings.